The van der Waals surface area contributed by atoms with E-state index in [0.717, 1.165) is 11.1 Å². The van der Waals surface area contributed by atoms with Crippen molar-refractivity contribution in [1.82, 2.24) is 0 Å². The minimum absolute atomic E-state index is 0.325. The Balaban J connectivity index is 1.55. The third-order valence-corrected chi connectivity index (χ3v) is 4.20. The van der Waals surface area contributed by atoms with Gasteiger partial charge >= 0.3 is 0 Å². The molecule has 3 rings (SSSR count). The molecule has 25 heavy (non-hydrogen) atoms. The molecule has 1 heterocycles. The molecule has 2 aromatic carbocycles. The van der Waals surface area contributed by atoms with Gasteiger partial charge in [0, 0.05) is 7.11 Å². The molecule has 5 nitrogen and oxygen atoms in total. The maximum absolute atomic E-state index is 10.4. The summed E-state index contributed by atoms with van der Waals surface area (Å²) >= 11 is 0. The molecule has 5 heteroatoms. The van der Waals surface area contributed by atoms with Crippen molar-refractivity contribution in [3.8, 4) is 0 Å². The second-order valence-electron chi connectivity index (χ2n) is 6.03. The molecule has 2 aromatic rings. The largest absolute Gasteiger partial charge is 0.385 e. The van der Waals surface area contributed by atoms with Crippen molar-refractivity contribution in [3.63, 3.8) is 0 Å². The van der Waals surface area contributed by atoms with E-state index in [1.54, 1.807) is 0 Å². The lowest BCUT2D eigenvalue weighted by Crippen LogP contribution is -2.37. The quantitative estimate of drug-likeness (QED) is 0.797. The van der Waals surface area contributed by atoms with Gasteiger partial charge in [0.15, 0.2) is 6.29 Å². The van der Waals surface area contributed by atoms with Gasteiger partial charge in [-0.05, 0) is 11.1 Å². The highest BCUT2D eigenvalue weighted by atomic mass is 16.7. The fourth-order valence-corrected chi connectivity index (χ4v) is 2.87. The highest BCUT2D eigenvalue weighted by Gasteiger charge is 2.44. The van der Waals surface area contributed by atoms with E-state index in [4.69, 9.17) is 18.9 Å². The second-order valence-corrected chi connectivity index (χ2v) is 6.03. The number of methoxy groups -OCH3 is 1. The van der Waals surface area contributed by atoms with E-state index in [-0.39, 0.29) is 6.10 Å². The molecule has 1 saturated heterocycles. The smallest absolute Gasteiger partial charge is 0.186 e. The summed E-state index contributed by atoms with van der Waals surface area (Å²) in [4.78, 5) is 0. The zero-order valence-corrected chi connectivity index (χ0v) is 14.3. The maximum Gasteiger partial charge on any atom is 0.186 e. The average molecular weight is 344 g/mol. The number of hydrogen-bond acceptors (Lipinski definition) is 5. The van der Waals surface area contributed by atoms with Gasteiger partial charge in [0.1, 0.15) is 18.3 Å². The Bertz CT molecular complexity index is 618. The molecule has 0 saturated carbocycles. The molecule has 134 valence electrons. The van der Waals surface area contributed by atoms with Crippen LogP contribution in [0.1, 0.15) is 11.1 Å². The Morgan fingerprint density at radius 3 is 2.12 bits per heavy atom. The molecule has 0 radical (unpaired) electrons. The van der Waals surface area contributed by atoms with Crippen LogP contribution < -0.4 is 0 Å². The molecule has 1 aliphatic rings. The Kier molecular flexibility index (Phi) is 6.55. The summed E-state index contributed by atoms with van der Waals surface area (Å²) in [5, 5.41) is 10.4. The Morgan fingerprint density at radius 2 is 1.52 bits per heavy atom. The molecule has 0 bridgehead atoms. The summed E-state index contributed by atoms with van der Waals surface area (Å²) < 4.78 is 22.6. The van der Waals surface area contributed by atoms with Crippen molar-refractivity contribution in [1.29, 1.82) is 0 Å². The second kappa shape index (κ2) is 9.08. The van der Waals surface area contributed by atoms with Crippen LogP contribution in [0.3, 0.4) is 0 Å². The van der Waals surface area contributed by atoms with Crippen molar-refractivity contribution in [2.45, 2.75) is 37.8 Å². The molecular weight excluding hydrogens is 320 g/mol. The number of benzene rings is 2. The van der Waals surface area contributed by atoms with Crippen molar-refractivity contribution >= 4 is 0 Å². The summed E-state index contributed by atoms with van der Waals surface area (Å²) in [5.41, 5.74) is 2.13. The molecule has 0 spiro atoms. The van der Waals surface area contributed by atoms with Gasteiger partial charge in [0.2, 0.25) is 0 Å². The molecule has 1 N–H and O–H groups in total. The fourth-order valence-electron chi connectivity index (χ4n) is 2.87. The van der Waals surface area contributed by atoms with E-state index < -0.39 is 18.5 Å². The van der Waals surface area contributed by atoms with Crippen LogP contribution in [-0.2, 0) is 32.2 Å². The van der Waals surface area contributed by atoms with Crippen molar-refractivity contribution in [3.05, 3.63) is 71.8 Å². The minimum atomic E-state index is -0.848. The van der Waals surface area contributed by atoms with Gasteiger partial charge in [-0.25, -0.2) is 0 Å². The van der Waals surface area contributed by atoms with Crippen molar-refractivity contribution < 1.29 is 24.1 Å². The lowest BCUT2D eigenvalue weighted by Gasteiger charge is -2.20. The molecule has 4 atom stereocenters. The highest BCUT2D eigenvalue weighted by Crippen LogP contribution is 2.26. The van der Waals surface area contributed by atoms with Gasteiger partial charge in [0.05, 0.1) is 19.8 Å². The van der Waals surface area contributed by atoms with E-state index in [1.807, 2.05) is 60.7 Å². The van der Waals surface area contributed by atoms with Crippen LogP contribution in [0.25, 0.3) is 0 Å². The monoisotopic (exact) mass is 344 g/mol. The number of aliphatic hydroxyl groups is 1. The van der Waals surface area contributed by atoms with Gasteiger partial charge in [-0.1, -0.05) is 60.7 Å². The van der Waals surface area contributed by atoms with Crippen LogP contribution in [0.4, 0.5) is 0 Å². The number of hydrogen-bond donors (Lipinski definition) is 1. The number of rotatable bonds is 8. The fraction of sp³-hybridized carbons (Fsp3) is 0.400. The predicted octanol–water partition coefficient (Wildman–Crippen LogP) is 2.52. The third-order valence-electron chi connectivity index (χ3n) is 4.20. The lowest BCUT2D eigenvalue weighted by molar-refractivity contribution is -0.156. The Hall–Kier alpha value is -1.76. The first kappa shape index (κ1) is 18.0. The highest BCUT2D eigenvalue weighted by molar-refractivity contribution is 5.14. The third kappa shape index (κ3) is 4.87. The van der Waals surface area contributed by atoms with E-state index in [2.05, 4.69) is 0 Å². The van der Waals surface area contributed by atoms with Crippen LogP contribution in [0.15, 0.2) is 60.7 Å². The van der Waals surface area contributed by atoms with E-state index >= 15 is 0 Å². The zero-order chi connectivity index (χ0) is 17.5. The van der Waals surface area contributed by atoms with E-state index in [1.165, 1.54) is 7.11 Å². The summed E-state index contributed by atoms with van der Waals surface area (Å²) in [6, 6.07) is 19.8. The maximum atomic E-state index is 10.4. The number of aliphatic hydroxyl groups excluding tert-OH is 1. The van der Waals surface area contributed by atoms with E-state index in [9.17, 15) is 5.11 Å². The molecular formula is C20H24O5. The Morgan fingerprint density at radius 1 is 0.920 bits per heavy atom. The molecule has 1 fully saturated rings. The summed E-state index contributed by atoms with van der Waals surface area (Å²) in [7, 11) is 1.51. The van der Waals surface area contributed by atoms with Gasteiger partial charge in [0.25, 0.3) is 0 Å². The summed E-state index contributed by atoms with van der Waals surface area (Å²) in [5.74, 6) is 0. The number of ether oxygens (including phenoxy) is 4. The minimum Gasteiger partial charge on any atom is -0.385 e. The zero-order valence-electron chi connectivity index (χ0n) is 14.3. The first-order valence-electron chi connectivity index (χ1n) is 8.41. The van der Waals surface area contributed by atoms with Crippen LogP contribution in [-0.4, -0.2) is 43.4 Å². The van der Waals surface area contributed by atoms with Gasteiger partial charge in [-0.2, -0.15) is 0 Å². The first-order valence-corrected chi connectivity index (χ1v) is 8.41. The van der Waals surface area contributed by atoms with Gasteiger partial charge < -0.3 is 24.1 Å². The average Bonchev–Trinajstić information content (AvgIpc) is 2.97. The topological polar surface area (TPSA) is 57.2 Å². The van der Waals surface area contributed by atoms with E-state index in [0.29, 0.717) is 19.8 Å². The van der Waals surface area contributed by atoms with Crippen LogP contribution in [0, 0.1) is 0 Å². The molecule has 0 unspecified atom stereocenters. The normalized spacial score (nSPS) is 26.0. The van der Waals surface area contributed by atoms with Crippen LogP contribution in [0.5, 0.6) is 0 Å². The molecule has 0 aliphatic carbocycles. The predicted molar refractivity (Wildman–Crippen MR) is 92.8 cm³/mol. The van der Waals surface area contributed by atoms with Crippen molar-refractivity contribution in [2.24, 2.45) is 0 Å². The van der Waals surface area contributed by atoms with Crippen LogP contribution >= 0.6 is 0 Å². The standard InChI is InChI=1S/C20H24O5/c1-22-20-18(21)19(24-13-16-10-6-3-7-11-16)17(25-20)14-23-12-15-8-4-2-5-9-15/h2-11,17-21H,12-14H2,1H3/t17-,18-,19-,20-/m1/s1. The first-order chi connectivity index (χ1) is 12.3. The lowest BCUT2D eigenvalue weighted by atomic mass is 10.1. The van der Waals surface area contributed by atoms with Gasteiger partial charge in [-0.3, -0.25) is 0 Å². The van der Waals surface area contributed by atoms with Gasteiger partial charge in [-0.15, -0.1) is 0 Å². The summed E-state index contributed by atoms with van der Waals surface area (Å²) in [6.07, 6.45) is -2.43. The summed E-state index contributed by atoms with van der Waals surface area (Å²) in [6.45, 7) is 1.21. The molecule has 0 amide bonds. The SMILES string of the molecule is CO[C@@H]1O[C@H](COCc2ccccc2)[C@@H](OCc2ccccc2)[C@H]1O. The van der Waals surface area contributed by atoms with Crippen LogP contribution in [0.2, 0.25) is 0 Å². The van der Waals surface area contributed by atoms with Crippen molar-refractivity contribution in [2.75, 3.05) is 13.7 Å². The molecule has 0 aromatic heterocycles. The molecule has 1 aliphatic heterocycles. The Labute approximate surface area is 148 Å².